The van der Waals surface area contributed by atoms with Crippen LogP contribution in [0.2, 0.25) is 0 Å². The van der Waals surface area contributed by atoms with E-state index < -0.39 is 58.4 Å². The second-order valence-electron chi connectivity index (χ2n) is 5.30. The van der Waals surface area contributed by atoms with Gasteiger partial charge in [0.05, 0.1) is 5.56 Å². The average Bonchev–Trinajstić information content (AvgIpc) is 2.48. The Labute approximate surface area is 153 Å². The molecule has 10 heteroatoms. The second kappa shape index (κ2) is 8.70. The maximum absolute atomic E-state index is 12.6. The van der Waals surface area contributed by atoms with Crippen molar-refractivity contribution in [1.29, 1.82) is 0 Å². The number of Topliss-reactive ketones (excluding diaryl/α,β-unsaturated/α-hetero) is 2. The van der Waals surface area contributed by atoms with E-state index in [-0.39, 0.29) is 5.75 Å². The van der Waals surface area contributed by atoms with Crippen LogP contribution in [0.15, 0.2) is 12.1 Å². The SMILES string of the molecule is CC(=O)Oc1ccc(C(=O)C(C(C)=O)C(=O)O)c(OC(C)=O)c1OC(C)=O. The summed E-state index contributed by atoms with van der Waals surface area (Å²) >= 11 is 0. The lowest BCUT2D eigenvalue weighted by atomic mass is 9.93. The maximum atomic E-state index is 12.6. The van der Waals surface area contributed by atoms with Crippen LogP contribution in [0.4, 0.5) is 0 Å². The molecule has 0 fully saturated rings. The van der Waals surface area contributed by atoms with E-state index in [1.807, 2.05) is 0 Å². The Bertz CT molecular complexity index is 822. The molecule has 0 radical (unpaired) electrons. The molecule has 1 atom stereocenters. The molecule has 0 heterocycles. The molecule has 0 aliphatic heterocycles. The highest BCUT2D eigenvalue weighted by molar-refractivity contribution is 6.22. The molecule has 10 nitrogen and oxygen atoms in total. The number of ether oxygens (including phenoxy) is 3. The lowest BCUT2D eigenvalue weighted by Crippen LogP contribution is -2.30. The number of aliphatic carboxylic acids is 1. The Morgan fingerprint density at radius 2 is 1.26 bits per heavy atom. The number of carbonyl (C=O) groups excluding carboxylic acids is 5. The molecule has 1 aromatic carbocycles. The number of hydrogen-bond acceptors (Lipinski definition) is 9. The zero-order valence-electron chi connectivity index (χ0n) is 14.9. The fraction of sp³-hybridized carbons (Fsp3) is 0.294. The average molecular weight is 380 g/mol. The summed E-state index contributed by atoms with van der Waals surface area (Å²) in [5.41, 5.74) is -0.514. The minimum absolute atomic E-state index is 0.347. The quantitative estimate of drug-likeness (QED) is 0.313. The molecular formula is C17H16O10. The van der Waals surface area contributed by atoms with E-state index >= 15 is 0 Å². The highest BCUT2D eigenvalue weighted by Gasteiger charge is 2.36. The maximum Gasteiger partial charge on any atom is 0.322 e. The number of esters is 3. The molecule has 144 valence electrons. The Kier molecular flexibility index (Phi) is 6.92. The van der Waals surface area contributed by atoms with Crippen LogP contribution in [0.3, 0.4) is 0 Å². The van der Waals surface area contributed by atoms with Crippen LogP contribution in [0.1, 0.15) is 38.1 Å². The molecule has 0 bridgehead atoms. The number of carboxylic acid groups (broad SMARTS) is 1. The van der Waals surface area contributed by atoms with Crippen molar-refractivity contribution in [3.8, 4) is 17.2 Å². The van der Waals surface area contributed by atoms with Crippen LogP contribution < -0.4 is 14.2 Å². The van der Waals surface area contributed by atoms with E-state index in [0.29, 0.717) is 0 Å². The first-order valence-electron chi connectivity index (χ1n) is 7.45. The van der Waals surface area contributed by atoms with Gasteiger partial charge in [0.2, 0.25) is 5.75 Å². The van der Waals surface area contributed by atoms with E-state index in [2.05, 4.69) is 0 Å². The lowest BCUT2D eigenvalue weighted by molar-refractivity contribution is -0.143. The molecule has 0 spiro atoms. The van der Waals surface area contributed by atoms with E-state index in [9.17, 15) is 28.8 Å². The van der Waals surface area contributed by atoms with Crippen LogP contribution in [0, 0.1) is 5.92 Å². The molecule has 1 unspecified atom stereocenters. The fourth-order valence-corrected chi connectivity index (χ4v) is 2.09. The molecule has 0 aromatic heterocycles. The highest BCUT2D eigenvalue weighted by atomic mass is 16.6. The first kappa shape index (κ1) is 21.5. The van der Waals surface area contributed by atoms with Crippen LogP contribution in [-0.2, 0) is 24.0 Å². The number of rotatable bonds is 7. The van der Waals surface area contributed by atoms with E-state index in [1.54, 1.807) is 0 Å². The second-order valence-corrected chi connectivity index (χ2v) is 5.30. The molecule has 0 aliphatic rings. The summed E-state index contributed by atoms with van der Waals surface area (Å²) in [4.78, 5) is 69.4. The van der Waals surface area contributed by atoms with Crippen LogP contribution >= 0.6 is 0 Å². The number of ketones is 2. The van der Waals surface area contributed by atoms with Gasteiger partial charge in [0.25, 0.3) is 0 Å². The normalized spacial score (nSPS) is 11.1. The predicted octanol–water partition coefficient (Wildman–Crippen LogP) is 0.935. The standard InChI is InChI=1S/C17H16O10/c1-7(18)13(17(23)24)14(22)11-5-6-12(25-8(2)19)16(27-10(4)21)15(11)26-9(3)20/h5-6,13H,1-4H3,(H,23,24). The third kappa shape index (κ3) is 5.46. The van der Waals surface area contributed by atoms with Crippen LogP contribution in [-0.4, -0.2) is 40.6 Å². The van der Waals surface area contributed by atoms with Crippen molar-refractivity contribution in [3.63, 3.8) is 0 Å². The van der Waals surface area contributed by atoms with Crippen molar-refractivity contribution in [2.24, 2.45) is 5.92 Å². The number of carboxylic acids is 1. The van der Waals surface area contributed by atoms with E-state index in [1.165, 1.54) is 0 Å². The van der Waals surface area contributed by atoms with Crippen molar-refractivity contribution in [3.05, 3.63) is 17.7 Å². The van der Waals surface area contributed by atoms with Gasteiger partial charge in [-0.3, -0.25) is 28.8 Å². The van der Waals surface area contributed by atoms with E-state index in [4.69, 9.17) is 19.3 Å². The molecule has 1 N–H and O–H groups in total. The Morgan fingerprint density at radius 1 is 0.778 bits per heavy atom. The van der Waals surface area contributed by atoms with Gasteiger partial charge in [0.1, 0.15) is 0 Å². The zero-order valence-corrected chi connectivity index (χ0v) is 14.9. The molecule has 0 amide bonds. The van der Waals surface area contributed by atoms with E-state index in [0.717, 1.165) is 39.8 Å². The molecule has 0 saturated heterocycles. The lowest BCUT2D eigenvalue weighted by Gasteiger charge is -2.17. The fourth-order valence-electron chi connectivity index (χ4n) is 2.09. The molecule has 0 saturated carbocycles. The van der Waals surface area contributed by atoms with Crippen molar-refractivity contribution in [2.75, 3.05) is 0 Å². The highest BCUT2D eigenvalue weighted by Crippen LogP contribution is 2.41. The van der Waals surface area contributed by atoms with Gasteiger partial charge in [0, 0.05) is 20.8 Å². The van der Waals surface area contributed by atoms with Gasteiger partial charge in [-0.05, 0) is 19.1 Å². The minimum Gasteiger partial charge on any atom is -0.480 e. The van der Waals surface area contributed by atoms with Crippen LogP contribution in [0.25, 0.3) is 0 Å². The Morgan fingerprint density at radius 3 is 1.67 bits per heavy atom. The van der Waals surface area contributed by atoms with Gasteiger partial charge in [-0.15, -0.1) is 0 Å². The van der Waals surface area contributed by atoms with Crippen molar-refractivity contribution < 1.29 is 48.1 Å². The van der Waals surface area contributed by atoms with Crippen LogP contribution in [0.5, 0.6) is 17.2 Å². The van der Waals surface area contributed by atoms with Gasteiger partial charge in [-0.1, -0.05) is 0 Å². The first-order valence-corrected chi connectivity index (χ1v) is 7.45. The molecular weight excluding hydrogens is 364 g/mol. The van der Waals surface area contributed by atoms with Gasteiger partial charge in [0.15, 0.2) is 29.0 Å². The Balaban J connectivity index is 3.73. The summed E-state index contributed by atoms with van der Waals surface area (Å²) in [6.45, 7) is 3.93. The molecule has 1 aromatic rings. The Hall–Kier alpha value is -3.56. The minimum atomic E-state index is -2.07. The molecule has 27 heavy (non-hydrogen) atoms. The number of carbonyl (C=O) groups is 6. The largest absolute Gasteiger partial charge is 0.480 e. The first-order chi connectivity index (χ1) is 12.5. The van der Waals surface area contributed by atoms with Crippen molar-refractivity contribution >= 4 is 35.4 Å². The monoisotopic (exact) mass is 380 g/mol. The summed E-state index contributed by atoms with van der Waals surface area (Å²) in [6, 6.07) is 2.03. The summed E-state index contributed by atoms with van der Waals surface area (Å²) in [5, 5.41) is 9.13. The summed E-state index contributed by atoms with van der Waals surface area (Å²) in [6.07, 6.45) is 0. The number of hydrogen-bond donors (Lipinski definition) is 1. The summed E-state index contributed by atoms with van der Waals surface area (Å²) in [5.74, 6) is -10.1. The topological polar surface area (TPSA) is 150 Å². The van der Waals surface area contributed by atoms with Crippen molar-refractivity contribution in [1.82, 2.24) is 0 Å². The van der Waals surface area contributed by atoms with Gasteiger partial charge in [-0.2, -0.15) is 0 Å². The third-order valence-corrected chi connectivity index (χ3v) is 3.00. The smallest absolute Gasteiger partial charge is 0.322 e. The van der Waals surface area contributed by atoms with Gasteiger partial charge < -0.3 is 19.3 Å². The van der Waals surface area contributed by atoms with Gasteiger partial charge >= 0.3 is 23.9 Å². The number of benzene rings is 1. The zero-order chi connectivity index (χ0) is 20.9. The summed E-state index contributed by atoms with van der Waals surface area (Å²) < 4.78 is 14.6. The molecule has 1 rings (SSSR count). The third-order valence-electron chi connectivity index (χ3n) is 3.00. The van der Waals surface area contributed by atoms with Gasteiger partial charge in [-0.25, -0.2) is 0 Å². The predicted molar refractivity (Wildman–Crippen MR) is 86.5 cm³/mol. The summed E-state index contributed by atoms with van der Waals surface area (Å²) in [7, 11) is 0. The van der Waals surface area contributed by atoms with Crippen molar-refractivity contribution in [2.45, 2.75) is 27.7 Å². The molecule has 0 aliphatic carbocycles.